The predicted molar refractivity (Wildman–Crippen MR) is 77.8 cm³/mol. The summed E-state index contributed by atoms with van der Waals surface area (Å²) in [5, 5.41) is 0. The van der Waals surface area contributed by atoms with E-state index in [0.717, 1.165) is 25.8 Å². The molecule has 0 radical (unpaired) electrons. The van der Waals surface area contributed by atoms with E-state index in [4.69, 9.17) is 4.74 Å². The van der Waals surface area contributed by atoms with Gasteiger partial charge in [0.15, 0.2) is 23.7 Å². The van der Waals surface area contributed by atoms with Crippen LogP contribution in [0.2, 0.25) is 0 Å². The third-order valence-corrected chi connectivity index (χ3v) is 4.91. The van der Waals surface area contributed by atoms with E-state index in [-0.39, 0.29) is 11.4 Å². The summed E-state index contributed by atoms with van der Waals surface area (Å²) in [6.45, 7) is 5.36. The van der Waals surface area contributed by atoms with E-state index in [0.29, 0.717) is 12.6 Å². The molecule has 1 saturated carbocycles. The summed E-state index contributed by atoms with van der Waals surface area (Å²) in [6, 6.07) is 11.0. The molecule has 2 bridgehead atoms. The van der Waals surface area contributed by atoms with Gasteiger partial charge >= 0.3 is 5.97 Å². The number of carbonyl (C=O) groups excluding carboxylic acids is 1. The molecular weight excluding hydrogens is 250 g/mol. The van der Waals surface area contributed by atoms with Gasteiger partial charge in [0.05, 0.1) is 6.61 Å². The molecule has 106 valence electrons. The van der Waals surface area contributed by atoms with E-state index in [1.165, 1.54) is 11.3 Å². The lowest BCUT2D eigenvalue weighted by Gasteiger charge is -2.22. The minimum Gasteiger partial charge on any atom is -0.465 e. The number of rotatable bonds is 4. The third-order valence-electron chi connectivity index (χ3n) is 4.91. The first-order valence-corrected chi connectivity index (χ1v) is 7.49. The minimum atomic E-state index is -0.338. The van der Waals surface area contributed by atoms with Crippen LogP contribution < -0.4 is 0 Å². The Balaban J connectivity index is 1.88. The fraction of sp³-hybridized carbons (Fsp3) is 0.529. The first-order chi connectivity index (χ1) is 9.67. The van der Waals surface area contributed by atoms with Crippen molar-refractivity contribution in [2.75, 3.05) is 6.61 Å². The Labute approximate surface area is 120 Å². The summed E-state index contributed by atoms with van der Waals surface area (Å²) in [7, 11) is 0. The molecule has 2 unspecified atom stereocenters. The zero-order valence-corrected chi connectivity index (χ0v) is 12.3. The number of nitrogens with zero attached hydrogens (tertiary/aromatic N) is 1. The van der Waals surface area contributed by atoms with Crippen LogP contribution in [0.5, 0.6) is 0 Å². The highest BCUT2D eigenvalue weighted by Crippen LogP contribution is 2.47. The molecule has 2 atom stereocenters. The van der Waals surface area contributed by atoms with Crippen molar-refractivity contribution in [3.05, 3.63) is 35.9 Å². The van der Waals surface area contributed by atoms with E-state index in [1.807, 2.05) is 13.0 Å². The molecule has 1 fully saturated rings. The van der Waals surface area contributed by atoms with Gasteiger partial charge in [-0.15, -0.1) is 0 Å². The highest BCUT2D eigenvalue weighted by molar-refractivity contribution is 6.04. The molecule has 0 spiro atoms. The molecule has 0 aromatic heterocycles. The summed E-state index contributed by atoms with van der Waals surface area (Å²) in [5.74, 6) is -0.0180. The lowest BCUT2D eigenvalue weighted by molar-refractivity contribution is -0.575. The Morgan fingerprint density at radius 2 is 2.15 bits per heavy atom. The van der Waals surface area contributed by atoms with Gasteiger partial charge in [0.2, 0.25) is 0 Å². The average Bonchev–Trinajstić information content (AvgIpc) is 3.01. The Kier molecular flexibility index (Phi) is 3.36. The van der Waals surface area contributed by atoms with Gasteiger partial charge in [0.25, 0.3) is 0 Å². The molecular formula is C17H22NO2+. The largest absolute Gasteiger partial charge is 0.465 e. The van der Waals surface area contributed by atoms with Crippen molar-refractivity contribution in [3.8, 4) is 0 Å². The maximum atomic E-state index is 12.4. The van der Waals surface area contributed by atoms with Crippen LogP contribution in [0, 0.1) is 5.41 Å². The number of ether oxygens (including phenoxy) is 1. The Hall–Kier alpha value is -1.64. The fourth-order valence-electron chi connectivity index (χ4n) is 3.79. The van der Waals surface area contributed by atoms with E-state index in [2.05, 4.69) is 35.8 Å². The van der Waals surface area contributed by atoms with Gasteiger partial charge in [0.1, 0.15) is 0 Å². The van der Waals surface area contributed by atoms with Gasteiger partial charge in [-0.05, 0) is 13.3 Å². The highest BCUT2D eigenvalue weighted by atomic mass is 16.5. The number of fused-ring (bicyclic) bond motifs is 2. The zero-order chi connectivity index (χ0) is 14.2. The van der Waals surface area contributed by atoms with E-state index >= 15 is 0 Å². The van der Waals surface area contributed by atoms with Crippen LogP contribution in [0.1, 0.15) is 38.7 Å². The third kappa shape index (κ3) is 1.96. The summed E-state index contributed by atoms with van der Waals surface area (Å²) in [4.78, 5) is 12.4. The number of esters is 1. The molecule has 1 aliphatic carbocycles. The molecule has 2 aliphatic rings. The molecule has 0 amide bonds. The van der Waals surface area contributed by atoms with Gasteiger partial charge < -0.3 is 4.74 Å². The maximum Gasteiger partial charge on any atom is 0.322 e. The lowest BCUT2D eigenvalue weighted by Crippen LogP contribution is -2.38. The van der Waals surface area contributed by atoms with Gasteiger partial charge in [0, 0.05) is 25.3 Å². The topological polar surface area (TPSA) is 29.3 Å². The Morgan fingerprint density at radius 1 is 1.40 bits per heavy atom. The van der Waals surface area contributed by atoms with Crippen molar-refractivity contribution >= 4 is 11.7 Å². The van der Waals surface area contributed by atoms with E-state index < -0.39 is 0 Å². The van der Waals surface area contributed by atoms with Crippen LogP contribution in [-0.4, -0.2) is 28.9 Å². The number of carbonyl (C=O) groups is 1. The van der Waals surface area contributed by atoms with Crippen LogP contribution >= 0.6 is 0 Å². The lowest BCUT2D eigenvalue weighted by atomic mass is 9.82. The molecule has 3 rings (SSSR count). The maximum absolute atomic E-state index is 12.4. The van der Waals surface area contributed by atoms with Gasteiger partial charge in [-0.1, -0.05) is 30.3 Å². The number of benzene rings is 1. The smallest absolute Gasteiger partial charge is 0.322 e. The number of hydrogen-bond acceptors (Lipinski definition) is 2. The van der Waals surface area contributed by atoms with E-state index in [1.54, 1.807) is 0 Å². The summed E-state index contributed by atoms with van der Waals surface area (Å²) < 4.78 is 7.74. The minimum absolute atomic E-state index is 0.0180. The molecule has 3 heteroatoms. The van der Waals surface area contributed by atoms with Crippen LogP contribution in [0.3, 0.4) is 0 Å². The van der Waals surface area contributed by atoms with Crippen molar-refractivity contribution in [2.45, 2.75) is 45.7 Å². The monoisotopic (exact) mass is 272 g/mol. The van der Waals surface area contributed by atoms with Gasteiger partial charge in [-0.25, -0.2) is 4.58 Å². The molecule has 20 heavy (non-hydrogen) atoms. The van der Waals surface area contributed by atoms with Crippen LogP contribution in [0.4, 0.5) is 0 Å². The Bertz CT molecular complexity index is 549. The second-order valence-electron chi connectivity index (χ2n) is 5.90. The first-order valence-electron chi connectivity index (χ1n) is 7.49. The van der Waals surface area contributed by atoms with Crippen LogP contribution in [-0.2, 0) is 16.1 Å². The molecule has 0 N–H and O–H groups in total. The summed E-state index contributed by atoms with van der Waals surface area (Å²) in [6.07, 6.45) is 2.99. The Morgan fingerprint density at radius 3 is 2.85 bits per heavy atom. The second kappa shape index (κ2) is 5.04. The molecule has 1 aliphatic heterocycles. The first kappa shape index (κ1) is 13.3. The van der Waals surface area contributed by atoms with Crippen molar-refractivity contribution in [1.82, 2.24) is 0 Å². The van der Waals surface area contributed by atoms with E-state index in [9.17, 15) is 4.79 Å². The quantitative estimate of drug-likeness (QED) is 0.623. The normalized spacial score (nSPS) is 28.0. The standard InChI is InChI=1S/C17H22NO2/c1-3-20-16(19)17-10-9-15(11-17)18(13(17)2)12-14-7-5-4-6-8-14/h4-8,15H,3,9-12H2,1-2H3/q+1. The average molecular weight is 272 g/mol. The fourth-order valence-corrected chi connectivity index (χ4v) is 3.79. The highest BCUT2D eigenvalue weighted by Gasteiger charge is 2.61. The van der Waals surface area contributed by atoms with Crippen LogP contribution in [0.25, 0.3) is 0 Å². The van der Waals surface area contributed by atoms with Crippen molar-refractivity contribution < 1.29 is 14.1 Å². The molecule has 1 heterocycles. The SMILES string of the molecule is CCOC(=O)C12CCC(C1)[N+](Cc1ccccc1)=C2C. The molecule has 0 saturated heterocycles. The molecule has 3 nitrogen and oxygen atoms in total. The summed E-state index contributed by atoms with van der Waals surface area (Å²) in [5.41, 5.74) is 2.17. The van der Waals surface area contributed by atoms with Crippen molar-refractivity contribution in [3.63, 3.8) is 0 Å². The van der Waals surface area contributed by atoms with Crippen molar-refractivity contribution in [2.24, 2.45) is 5.41 Å². The predicted octanol–water partition coefficient (Wildman–Crippen LogP) is 2.78. The second-order valence-corrected chi connectivity index (χ2v) is 5.90. The molecule has 1 aromatic carbocycles. The zero-order valence-electron chi connectivity index (χ0n) is 12.3. The molecule has 1 aromatic rings. The van der Waals surface area contributed by atoms with Gasteiger partial charge in [-0.3, -0.25) is 4.79 Å². The van der Waals surface area contributed by atoms with Gasteiger partial charge in [-0.2, -0.15) is 0 Å². The van der Waals surface area contributed by atoms with Crippen LogP contribution in [0.15, 0.2) is 30.3 Å². The summed E-state index contributed by atoms with van der Waals surface area (Å²) >= 11 is 0. The van der Waals surface area contributed by atoms with Crippen molar-refractivity contribution in [1.29, 1.82) is 0 Å². The number of hydrogen-bond donors (Lipinski definition) is 0.